The zero-order chi connectivity index (χ0) is 13.1. The lowest BCUT2D eigenvalue weighted by Crippen LogP contribution is -2.35. The second-order valence-corrected chi connectivity index (χ2v) is 5.03. The van der Waals surface area contributed by atoms with Crippen LogP contribution in [0.1, 0.15) is 43.0 Å². The van der Waals surface area contributed by atoms with Gasteiger partial charge in [-0.05, 0) is 32.9 Å². The quantitative estimate of drug-likeness (QED) is 0.888. The Morgan fingerprint density at radius 3 is 2.39 bits per heavy atom. The molecule has 0 aliphatic carbocycles. The molecule has 1 N–H and O–H groups in total. The van der Waals surface area contributed by atoms with Crippen LogP contribution in [0, 0.1) is 6.92 Å². The van der Waals surface area contributed by atoms with Crippen molar-refractivity contribution in [1.29, 1.82) is 0 Å². The summed E-state index contributed by atoms with van der Waals surface area (Å²) >= 11 is 0. The van der Waals surface area contributed by atoms with Gasteiger partial charge in [-0.3, -0.25) is 14.4 Å². The van der Waals surface area contributed by atoms with Crippen LogP contribution in [0.4, 0.5) is 0 Å². The topological polar surface area (TPSA) is 58.4 Å². The van der Waals surface area contributed by atoms with E-state index in [0.29, 0.717) is 0 Å². The Hall–Kier alpha value is -1.36. The summed E-state index contributed by atoms with van der Waals surface area (Å²) in [6, 6.07) is -0.545. The number of nitrogens with zero attached hydrogens (tertiary/aromatic N) is 3. The first kappa shape index (κ1) is 13.1. The van der Waals surface area contributed by atoms with E-state index in [9.17, 15) is 9.90 Å². The highest BCUT2D eigenvalue weighted by atomic mass is 16.4. The SMILES string of the molecule is Cc1nn(C)cc1C(C(=O)O)N1CCCCCC1. The molecule has 0 spiro atoms. The first-order chi connectivity index (χ1) is 8.59. The Kier molecular flexibility index (Phi) is 4.01. The lowest BCUT2D eigenvalue weighted by molar-refractivity contribution is -0.143. The lowest BCUT2D eigenvalue weighted by atomic mass is 10.1. The molecule has 0 amide bonds. The molecule has 1 aliphatic heterocycles. The number of carboxylic acids is 1. The van der Waals surface area contributed by atoms with Crippen molar-refractivity contribution in [2.45, 2.75) is 38.6 Å². The molecule has 5 heteroatoms. The smallest absolute Gasteiger partial charge is 0.325 e. The van der Waals surface area contributed by atoms with Crippen molar-refractivity contribution in [3.8, 4) is 0 Å². The Morgan fingerprint density at radius 2 is 1.94 bits per heavy atom. The minimum atomic E-state index is -0.770. The zero-order valence-corrected chi connectivity index (χ0v) is 11.1. The van der Waals surface area contributed by atoms with Gasteiger partial charge in [0.25, 0.3) is 0 Å². The fourth-order valence-corrected chi connectivity index (χ4v) is 2.73. The highest BCUT2D eigenvalue weighted by Gasteiger charge is 2.30. The number of rotatable bonds is 3. The monoisotopic (exact) mass is 251 g/mol. The fraction of sp³-hybridized carbons (Fsp3) is 0.692. The van der Waals surface area contributed by atoms with Gasteiger partial charge in [-0.2, -0.15) is 5.10 Å². The first-order valence-electron chi connectivity index (χ1n) is 6.56. The average Bonchev–Trinajstić information content (AvgIpc) is 2.54. The number of aryl methyl sites for hydroxylation is 2. The number of carboxylic acid groups (broad SMARTS) is 1. The van der Waals surface area contributed by atoms with Gasteiger partial charge in [0.1, 0.15) is 6.04 Å². The molecule has 100 valence electrons. The van der Waals surface area contributed by atoms with E-state index in [2.05, 4.69) is 10.00 Å². The molecule has 1 atom stereocenters. The van der Waals surface area contributed by atoms with E-state index in [1.165, 1.54) is 12.8 Å². The van der Waals surface area contributed by atoms with Crippen molar-refractivity contribution in [2.75, 3.05) is 13.1 Å². The second-order valence-electron chi connectivity index (χ2n) is 5.03. The molecule has 1 fully saturated rings. The number of aromatic nitrogens is 2. The third kappa shape index (κ3) is 2.72. The summed E-state index contributed by atoms with van der Waals surface area (Å²) in [6.07, 6.45) is 6.41. The molecule has 1 saturated heterocycles. The summed E-state index contributed by atoms with van der Waals surface area (Å²) < 4.78 is 1.69. The molecule has 18 heavy (non-hydrogen) atoms. The zero-order valence-electron chi connectivity index (χ0n) is 11.1. The highest BCUT2D eigenvalue weighted by Crippen LogP contribution is 2.26. The van der Waals surface area contributed by atoms with E-state index in [0.717, 1.165) is 37.2 Å². The van der Waals surface area contributed by atoms with Crippen LogP contribution < -0.4 is 0 Å². The Labute approximate surface area is 107 Å². The van der Waals surface area contributed by atoms with E-state index in [1.54, 1.807) is 4.68 Å². The van der Waals surface area contributed by atoms with Crippen LogP contribution in [0.3, 0.4) is 0 Å². The van der Waals surface area contributed by atoms with E-state index in [4.69, 9.17) is 0 Å². The molecule has 1 unspecified atom stereocenters. The van der Waals surface area contributed by atoms with Crippen LogP contribution in [0.15, 0.2) is 6.20 Å². The van der Waals surface area contributed by atoms with Crippen molar-refractivity contribution < 1.29 is 9.90 Å². The average molecular weight is 251 g/mol. The summed E-state index contributed by atoms with van der Waals surface area (Å²) in [5.74, 6) is -0.770. The molecule has 1 aromatic heterocycles. The van der Waals surface area contributed by atoms with Crippen LogP contribution in [-0.4, -0.2) is 38.8 Å². The summed E-state index contributed by atoms with van der Waals surface area (Å²) in [6.45, 7) is 3.61. The molecule has 1 aliphatic rings. The maximum atomic E-state index is 11.6. The van der Waals surface area contributed by atoms with Gasteiger partial charge in [0, 0.05) is 18.8 Å². The second kappa shape index (κ2) is 5.52. The fourth-order valence-electron chi connectivity index (χ4n) is 2.73. The predicted octanol–water partition coefficient (Wildman–Crippen LogP) is 1.73. The minimum absolute atomic E-state index is 0.545. The van der Waals surface area contributed by atoms with Gasteiger partial charge in [-0.15, -0.1) is 0 Å². The maximum absolute atomic E-state index is 11.6. The highest BCUT2D eigenvalue weighted by molar-refractivity contribution is 5.75. The van der Waals surface area contributed by atoms with Crippen molar-refractivity contribution in [2.24, 2.45) is 7.05 Å². The number of hydrogen-bond acceptors (Lipinski definition) is 3. The van der Waals surface area contributed by atoms with Crippen molar-refractivity contribution in [3.05, 3.63) is 17.5 Å². The van der Waals surface area contributed by atoms with E-state index in [-0.39, 0.29) is 0 Å². The molecule has 1 aromatic rings. The van der Waals surface area contributed by atoms with E-state index in [1.807, 2.05) is 20.2 Å². The number of aliphatic carboxylic acids is 1. The first-order valence-corrected chi connectivity index (χ1v) is 6.56. The number of likely N-dealkylation sites (tertiary alicyclic amines) is 1. The van der Waals surface area contributed by atoms with Crippen LogP contribution in [0.5, 0.6) is 0 Å². The molecular formula is C13H21N3O2. The van der Waals surface area contributed by atoms with Crippen molar-refractivity contribution in [3.63, 3.8) is 0 Å². The third-order valence-corrected chi connectivity index (χ3v) is 3.59. The summed E-state index contributed by atoms with van der Waals surface area (Å²) in [5.41, 5.74) is 1.64. The van der Waals surface area contributed by atoms with Gasteiger partial charge in [0.15, 0.2) is 0 Å². The largest absolute Gasteiger partial charge is 0.480 e. The Morgan fingerprint density at radius 1 is 1.33 bits per heavy atom. The van der Waals surface area contributed by atoms with E-state index < -0.39 is 12.0 Å². The maximum Gasteiger partial charge on any atom is 0.325 e. The van der Waals surface area contributed by atoms with Gasteiger partial charge in [0.2, 0.25) is 0 Å². The van der Waals surface area contributed by atoms with Crippen LogP contribution in [0.2, 0.25) is 0 Å². The summed E-state index contributed by atoms with van der Waals surface area (Å²) in [4.78, 5) is 13.7. The van der Waals surface area contributed by atoms with Crippen molar-refractivity contribution in [1.82, 2.24) is 14.7 Å². The molecular weight excluding hydrogens is 230 g/mol. The minimum Gasteiger partial charge on any atom is -0.480 e. The predicted molar refractivity (Wildman–Crippen MR) is 68.4 cm³/mol. The van der Waals surface area contributed by atoms with Gasteiger partial charge >= 0.3 is 5.97 Å². The normalized spacial score (nSPS) is 19.4. The van der Waals surface area contributed by atoms with Gasteiger partial charge in [0.05, 0.1) is 5.69 Å². The molecule has 5 nitrogen and oxygen atoms in total. The standard InChI is InChI=1S/C13H21N3O2/c1-10-11(9-15(2)14-10)12(13(17)18)16-7-5-3-4-6-8-16/h9,12H,3-8H2,1-2H3,(H,17,18). The lowest BCUT2D eigenvalue weighted by Gasteiger charge is -2.27. The van der Waals surface area contributed by atoms with Crippen LogP contribution in [-0.2, 0) is 11.8 Å². The number of carbonyl (C=O) groups is 1. The van der Waals surface area contributed by atoms with Crippen molar-refractivity contribution >= 4 is 5.97 Å². The van der Waals surface area contributed by atoms with Gasteiger partial charge in [-0.25, -0.2) is 0 Å². The summed E-state index contributed by atoms with van der Waals surface area (Å²) in [5, 5.41) is 13.8. The third-order valence-electron chi connectivity index (χ3n) is 3.59. The van der Waals surface area contributed by atoms with Crippen LogP contribution >= 0.6 is 0 Å². The summed E-state index contributed by atoms with van der Waals surface area (Å²) in [7, 11) is 1.83. The molecule has 2 heterocycles. The number of hydrogen-bond donors (Lipinski definition) is 1. The molecule has 0 saturated carbocycles. The van der Waals surface area contributed by atoms with Gasteiger partial charge < -0.3 is 5.11 Å². The molecule has 0 aromatic carbocycles. The van der Waals surface area contributed by atoms with Gasteiger partial charge in [-0.1, -0.05) is 12.8 Å². The molecule has 0 radical (unpaired) electrons. The van der Waals surface area contributed by atoms with E-state index >= 15 is 0 Å². The molecule has 0 bridgehead atoms. The Bertz CT molecular complexity index is 420. The van der Waals surface area contributed by atoms with Crippen LogP contribution in [0.25, 0.3) is 0 Å². The Balaban J connectivity index is 2.27. The molecule has 2 rings (SSSR count).